The molecule has 1 fully saturated rings. The van der Waals surface area contributed by atoms with Gasteiger partial charge in [-0.15, -0.1) is 0 Å². The third-order valence-corrected chi connectivity index (χ3v) is 4.31. The fraction of sp³-hybridized carbons (Fsp3) is 0.533. The van der Waals surface area contributed by atoms with Crippen LogP contribution in [0, 0.1) is 0 Å². The number of methoxy groups -OCH3 is 1. The van der Waals surface area contributed by atoms with Crippen LogP contribution in [0.3, 0.4) is 0 Å². The minimum Gasteiger partial charge on any atom is -0.496 e. The standard InChI is InChI=1S/C15H19NO2/c1-18-12-6-4-5-11-7-9-15(14(17)13(11)12)8-2-3-10-16-15/h4-6,16H,2-3,7-10H2,1H3/t15-/m1/s1. The summed E-state index contributed by atoms with van der Waals surface area (Å²) >= 11 is 0. The highest BCUT2D eigenvalue weighted by atomic mass is 16.5. The van der Waals surface area contributed by atoms with Crippen LogP contribution in [0.4, 0.5) is 0 Å². The van der Waals surface area contributed by atoms with Gasteiger partial charge in [-0.05, 0) is 50.3 Å². The highest BCUT2D eigenvalue weighted by Crippen LogP contribution is 2.38. The van der Waals surface area contributed by atoms with E-state index in [1.54, 1.807) is 7.11 Å². The molecule has 0 saturated carbocycles. The molecular weight excluding hydrogens is 226 g/mol. The zero-order chi connectivity index (χ0) is 12.6. The molecule has 1 aromatic rings. The Kier molecular flexibility index (Phi) is 2.86. The van der Waals surface area contributed by atoms with Crippen molar-refractivity contribution in [2.24, 2.45) is 0 Å². The number of hydrogen-bond acceptors (Lipinski definition) is 3. The molecule has 1 saturated heterocycles. The first-order chi connectivity index (χ1) is 8.77. The molecule has 1 N–H and O–H groups in total. The van der Waals surface area contributed by atoms with Crippen molar-refractivity contribution in [2.75, 3.05) is 13.7 Å². The number of hydrogen-bond donors (Lipinski definition) is 1. The molecule has 3 rings (SSSR count). The first-order valence-corrected chi connectivity index (χ1v) is 6.72. The molecule has 3 nitrogen and oxygen atoms in total. The summed E-state index contributed by atoms with van der Waals surface area (Å²) in [5.74, 6) is 0.963. The number of Topliss-reactive ketones (excluding diaryl/α,β-unsaturated/α-hetero) is 1. The molecule has 0 aromatic heterocycles. The van der Waals surface area contributed by atoms with Crippen molar-refractivity contribution >= 4 is 5.78 Å². The summed E-state index contributed by atoms with van der Waals surface area (Å²) in [5.41, 5.74) is 1.62. The summed E-state index contributed by atoms with van der Waals surface area (Å²) in [4.78, 5) is 12.8. The van der Waals surface area contributed by atoms with Gasteiger partial charge in [-0.2, -0.15) is 0 Å². The molecule has 0 amide bonds. The summed E-state index contributed by atoms with van der Waals surface area (Å²) in [6, 6.07) is 5.90. The summed E-state index contributed by atoms with van der Waals surface area (Å²) in [5, 5.41) is 3.47. The number of carbonyl (C=O) groups excluding carboxylic acids is 1. The Morgan fingerprint density at radius 3 is 2.89 bits per heavy atom. The van der Waals surface area contributed by atoms with Crippen molar-refractivity contribution in [3.63, 3.8) is 0 Å². The van der Waals surface area contributed by atoms with Gasteiger partial charge in [-0.25, -0.2) is 0 Å². The number of rotatable bonds is 1. The van der Waals surface area contributed by atoms with E-state index in [1.807, 2.05) is 18.2 Å². The topological polar surface area (TPSA) is 38.3 Å². The molecule has 2 aliphatic rings. The smallest absolute Gasteiger partial charge is 0.186 e. The normalized spacial score (nSPS) is 27.1. The maximum Gasteiger partial charge on any atom is 0.186 e. The minimum absolute atomic E-state index is 0.237. The molecule has 1 spiro atoms. The van der Waals surface area contributed by atoms with Crippen molar-refractivity contribution in [1.82, 2.24) is 5.32 Å². The summed E-state index contributed by atoms with van der Waals surface area (Å²) < 4.78 is 5.37. The van der Waals surface area contributed by atoms with E-state index in [0.29, 0.717) is 0 Å². The van der Waals surface area contributed by atoms with Gasteiger partial charge in [-0.3, -0.25) is 4.79 Å². The lowest BCUT2D eigenvalue weighted by atomic mass is 9.72. The van der Waals surface area contributed by atoms with Crippen molar-refractivity contribution in [1.29, 1.82) is 0 Å². The second-order valence-electron chi connectivity index (χ2n) is 5.29. The van der Waals surface area contributed by atoms with Crippen LogP contribution in [0.15, 0.2) is 18.2 Å². The van der Waals surface area contributed by atoms with E-state index in [2.05, 4.69) is 5.32 Å². The molecule has 0 radical (unpaired) electrons. The van der Waals surface area contributed by atoms with Crippen LogP contribution in [0.1, 0.15) is 41.6 Å². The van der Waals surface area contributed by atoms with Gasteiger partial charge in [-0.1, -0.05) is 12.1 Å². The van der Waals surface area contributed by atoms with Crippen LogP contribution < -0.4 is 10.1 Å². The molecule has 1 aromatic carbocycles. The number of ether oxygens (including phenoxy) is 1. The number of aryl methyl sites for hydroxylation is 1. The summed E-state index contributed by atoms with van der Waals surface area (Å²) in [6.45, 7) is 0.955. The zero-order valence-electron chi connectivity index (χ0n) is 10.8. The number of benzene rings is 1. The predicted octanol–water partition coefficient (Wildman–Crippen LogP) is 2.34. The Balaban J connectivity index is 2.05. The second kappa shape index (κ2) is 4.39. The lowest BCUT2D eigenvalue weighted by Gasteiger charge is -2.40. The van der Waals surface area contributed by atoms with E-state index < -0.39 is 0 Å². The largest absolute Gasteiger partial charge is 0.496 e. The lowest BCUT2D eigenvalue weighted by Crippen LogP contribution is -2.56. The van der Waals surface area contributed by atoms with E-state index in [4.69, 9.17) is 4.74 Å². The van der Waals surface area contributed by atoms with Crippen LogP contribution in [0.25, 0.3) is 0 Å². The maximum atomic E-state index is 12.8. The predicted molar refractivity (Wildman–Crippen MR) is 70.2 cm³/mol. The van der Waals surface area contributed by atoms with Gasteiger partial charge in [0.2, 0.25) is 0 Å². The van der Waals surface area contributed by atoms with E-state index in [0.717, 1.165) is 49.1 Å². The molecule has 1 heterocycles. The molecule has 1 atom stereocenters. The monoisotopic (exact) mass is 245 g/mol. The molecule has 0 bridgehead atoms. The minimum atomic E-state index is -0.320. The van der Waals surface area contributed by atoms with Gasteiger partial charge < -0.3 is 10.1 Å². The van der Waals surface area contributed by atoms with Gasteiger partial charge in [0.1, 0.15) is 5.75 Å². The fourth-order valence-corrected chi connectivity index (χ4v) is 3.29. The van der Waals surface area contributed by atoms with Crippen molar-refractivity contribution in [3.05, 3.63) is 29.3 Å². The average molecular weight is 245 g/mol. The first-order valence-electron chi connectivity index (χ1n) is 6.72. The second-order valence-corrected chi connectivity index (χ2v) is 5.29. The molecular formula is C15H19NO2. The third kappa shape index (κ3) is 1.65. The van der Waals surface area contributed by atoms with E-state index in [-0.39, 0.29) is 11.3 Å². The summed E-state index contributed by atoms with van der Waals surface area (Å²) in [6.07, 6.45) is 5.16. The summed E-state index contributed by atoms with van der Waals surface area (Å²) in [7, 11) is 1.64. The van der Waals surface area contributed by atoms with Gasteiger partial charge in [0.25, 0.3) is 0 Å². The van der Waals surface area contributed by atoms with Crippen LogP contribution in [0.2, 0.25) is 0 Å². The van der Waals surface area contributed by atoms with Crippen molar-refractivity contribution in [3.8, 4) is 5.75 Å². The van der Waals surface area contributed by atoms with Gasteiger partial charge in [0.05, 0.1) is 18.2 Å². The Labute approximate surface area is 108 Å². The Morgan fingerprint density at radius 2 is 2.17 bits per heavy atom. The van der Waals surface area contributed by atoms with E-state index in [1.165, 1.54) is 6.42 Å². The number of carbonyl (C=O) groups is 1. The maximum absolute atomic E-state index is 12.8. The van der Waals surface area contributed by atoms with Gasteiger partial charge in [0.15, 0.2) is 5.78 Å². The van der Waals surface area contributed by atoms with E-state index in [9.17, 15) is 4.79 Å². The van der Waals surface area contributed by atoms with Gasteiger partial charge >= 0.3 is 0 Å². The number of fused-ring (bicyclic) bond motifs is 1. The van der Waals surface area contributed by atoms with Gasteiger partial charge in [0, 0.05) is 0 Å². The SMILES string of the molecule is COc1cccc2c1C(=O)[C@@]1(CCCCN1)CC2. The average Bonchev–Trinajstić information content (AvgIpc) is 2.44. The number of ketones is 1. The molecule has 1 aliphatic carbocycles. The Hall–Kier alpha value is -1.35. The third-order valence-electron chi connectivity index (χ3n) is 4.31. The first kappa shape index (κ1) is 11.7. The van der Waals surface area contributed by atoms with Crippen LogP contribution in [-0.4, -0.2) is 25.0 Å². The molecule has 96 valence electrons. The van der Waals surface area contributed by atoms with Crippen LogP contribution >= 0.6 is 0 Å². The highest BCUT2D eigenvalue weighted by Gasteiger charge is 2.44. The zero-order valence-corrected chi connectivity index (χ0v) is 10.8. The van der Waals surface area contributed by atoms with Crippen molar-refractivity contribution in [2.45, 2.75) is 37.6 Å². The molecule has 3 heteroatoms. The molecule has 1 aliphatic heterocycles. The van der Waals surface area contributed by atoms with Crippen LogP contribution in [0.5, 0.6) is 5.75 Å². The van der Waals surface area contributed by atoms with Crippen LogP contribution in [-0.2, 0) is 6.42 Å². The molecule has 0 unspecified atom stereocenters. The van der Waals surface area contributed by atoms with Crippen molar-refractivity contribution < 1.29 is 9.53 Å². The quantitative estimate of drug-likeness (QED) is 0.825. The lowest BCUT2D eigenvalue weighted by molar-refractivity contribution is 0.0778. The molecule has 18 heavy (non-hydrogen) atoms. The Morgan fingerprint density at radius 1 is 1.28 bits per heavy atom. The number of nitrogens with one attached hydrogen (secondary N) is 1. The Bertz CT molecular complexity index is 461. The number of piperidine rings is 1. The fourth-order valence-electron chi connectivity index (χ4n) is 3.29. The highest BCUT2D eigenvalue weighted by molar-refractivity contribution is 6.07. The van der Waals surface area contributed by atoms with E-state index >= 15 is 0 Å².